The van der Waals surface area contributed by atoms with Crippen molar-refractivity contribution >= 4 is 0 Å². The second-order valence-electron chi connectivity index (χ2n) is 3.78. The third kappa shape index (κ3) is 2.57. The molecule has 0 aromatic carbocycles. The maximum atomic E-state index is 9.14. The first kappa shape index (κ1) is 10.3. The highest BCUT2D eigenvalue weighted by Gasteiger charge is 2.32. The minimum absolute atomic E-state index is 0.175. The molecule has 0 aromatic heterocycles. The summed E-state index contributed by atoms with van der Waals surface area (Å²) >= 11 is 0. The summed E-state index contributed by atoms with van der Waals surface area (Å²) in [5.41, 5.74) is 1.01. The summed E-state index contributed by atoms with van der Waals surface area (Å²) in [6.07, 6.45) is 3.55. The Morgan fingerprint density at radius 1 is 1.54 bits per heavy atom. The molecule has 0 amide bonds. The van der Waals surface area contributed by atoms with Crippen LogP contribution in [0.4, 0.5) is 0 Å². The molecule has 1 saturated heterocycles. The van der Waals surface area contributed by atoms with Gasteiger partial charge in [-0.2, -0.15) is 5.26 Å². The molecule has 1 rings (SSSR count). The van der Waals surface area contributed by atoms with Gasteiger partial charge in [0.05, 0.1) is 11.5 Å². The summed E-state index contributed by atoms with van der Waals surface area (Å²) in [4.78, 5) is 0. The van der Waals surface area contributed by atoms with E-state index in [0.717, 1.165) is 38.9 Å². The number of hydrogen-bond donors (Lipinski definition) is 0. The lowest BCUT2D eigenvalue weighted by Crippen LogP contribution is -2.28. The summed E-state index contributed by atoms with van der Waals surface area (Å²) < 4.78 is 5.26. The molecule has 0 radical (unpaired) electrons. The van der Waals surface area contributed by atoms with Crippen molar-refractivity contribution in [2.24, 2.45) is 5.41 Å². The molecule has 0 aliphatic carbocycles. The van der Waals surface area contributed by atoms with E-state index >= 15 is 0 Å². The monoisotopic (exact) mass is 179 g/mol. The van der Waals surface area contributed by atoms with Crippen LogP contribution in [0.2, 0.25) is 0 Å². The van der Waals surface area contributed by atoms with E-state index in [4.69, 9.17) is 10.00 Å². The molecule has 2 heteroatoms. The Balaban J connectivity index is 2.59. The van der Waals surface area contributed by atoms with Gasteiger partial charge < -0.3 is 4.74 Å². The van der Waals surface area contributed by atoms with Crippen molar-refractivity contribution in [3.05, 3.63) is 12.2 Å². The zero-order valence-corrected chi connectivity index (χ0v) is 8.31. The molecule has 0 aromatic rings. The van der Waals surface area contributed by atoms with E-state index in [1.165, 1.54) is 5.57 Å². The van der Waals surface area contributed by atoms with Gasteiger partial charge in [-0.25, -0.2) is 0 Å². The molecule has 0 spiro atoms. The SMILES string of the molecule is C=C(CC)CC1(C#N)CCOCC1. The Kier molecular flexibility index (Phi) is 3.50. The smallest absolute Gasteiger partial charge is 0.0694 e. The lowest BCUT2D eigenvalue weighted by molar-refractivity contribution is 0.0404. The van der Waals surface area contributed by atoms with Crippen LogP contribution in [0.5, 0.6) is 0 Å². The number of hydrogen-bond acceptors (Lipinski definition) is 2. The number of allylic oxidation sites excluding steroid dienone is 1. The Hall–Kier alpha value is -0.810. The van der Waals surface area contributed by atoms with Crippen molar-refractivity contribution < 1.29 is 4.74 Å². The summed E-state index contributed by atoms with van der Waals surface area (Å²) in [5, 5.41) is 9.14. The predicted octanol–water partition coefficient (Wildman–Crippen LogP) is 2.66. The molecule has 0 atom stereocenters. The summed E-state index contributed by atoms with van der Waals surface area (Å²) in [6, 6.07) is 2.44. The van der Waals surface area contributed by atoms with Crippen molar-refractivity contribution in [1.82, 2.24) is 0 Å². The number of rotatable bonds is 3. The zero-order valence-electron chi connectivity index (χ0n) is 8.31. The van der Waals surface area contributed by atoms with Crippen LogP contribution in [0.15, 0.2) is 12.2 Å². The Morgan fingerprint density at radius 3 is 2.62 bits per heavy atom. The molecule has 0 unspecified atom stereocenters. The molecule has 1 heterocycles. The summed E-state index contributed by atoms with van der Waals surface area (Å²) in [7, 11) is 0. The second kappa shape index (κ2) is 4.43. The van der Waals surface area contributed by atoms with Gasteiger partial charge in [-0.15, -0.1) is 0 Å². The third-order valence-corrected chi connectivity index (χ3v) is 2.78. The van der Waals surface area contributed by atoms with Gasteiger partial charge in [0.2, 0.25) is 0 Å². The van der Waals surface area contributed by atoms with Crippen LogP contribution in [0.25, 0.3) is 0 Å². The summed E-state index contributed by atoms with van der Waals surface area (Å²) in [5.74, 6) is 0. The van der Waals surface area contributed by atoms with Crippen LogP contribution in [-0.2, 0) is 4.74 Å². The first-order valence-electron chi connectivity index (χ1n) is 4.88. The van der Waals surface area contributed by atoms with Crippen molar-refractivity contribution in [3.8, 4) is 6.07 Å². The van der Waals surface area contributed by atoms with Crippen molar-refractivity contribution in [2.75, 3.05) is 13.2 Å². The van der Waals surface area contributed by atoms with Gasteiger partial charge in [-0.1, -0.05) is 19.1 Å². The van der Waals surface area contributed by atoms with Crippen LogP contribution < -0.4 is 0 Å². The van der Waals surface area contributed by atoms with E-state index in [9.17, 15) is 0 Å². The fourth-order valence-electron chi connectivity index (χ4n) is 1.69. The molecule has 0 saturated carbocycles. The highest BCUT2D eigenvalue weighted by atomic mass is 16.5. The van der Waals surface area contributed by atoms with Crippen LogP contribution in [0.1, 0.15) is 32.6 Å². The first-order chi connectivity index (χ1) is 6.22. The number of ether oxygens (including phenoxy) is 1. The van der Waals surface area contributed by atoms with Crippen LogP contribution in [-0.4, -0.2) is 13.2 Å². The molecule has 72 valence electrons. The molecule has 2 nitrogen and oxygen atoms in total. The number of nitrogens with zero attached hydrogens (tertiary/aromatic N) is 1. The minimum Gasteiger partial charge on any atom is -0.381 e. The van der Waals surface area contributed by atoms with Crippen LogP contribution in [0.3, 0.4) is 0 Å². The third-order valence-electron chi connectivity index (χ3n) is 2.78. The molecule has 0 N–H and O–H groups in total. The average molecular weight is 179 g/mol. The zero-order chi connectivity index (χ0) is 9.73. The van der Waals surface area contributed by atoms with Crippen LogP contribution in [0, 0.1) is 16.7 Å². The maximum absolute atomic E-state index is 9.14. The fourth-order valence-corrected chi connectivity index (χ4v) is 1.69. The number of nitriles is 1. The molecular formula is C11H17NO. The Labute approximate surface area is 80.2 Å². The van der Waals surface area contributed by atoms with Gasteiger partial charge in [0.25, 0.3) is 0 Å². The van der Waals surface area contributed by atoms with Gasteiger partial charge in [0.1, 0.15) is 0 Å². The lowest BCUT2D eigenvalue weighted by atomic mass is 9.76. The first-order valence-corrected chi connectivity index (χ1v) is 4.88. The van der Waals surface area contributed by atoms with E-state index in [2.05, 4.69) is 19.6 Å². The predicted molar refractivity (Wildman–Crippen MR) is 52.1 cm³/mol. The van der Waals surface area contributed by atoms with E-state index in [1.54, 1.807) is 0 Å². The van der Waals surface area contributed by atoms with E-state index in [-0.39, 0.29) is 5.41 Å². The maximum Gasteiger partial charge on any atom is 0.0694 e. The van der Waals surface area contributed by atoms with Gasteiger partial charge in [0, 0.05) is 13.2 Å². The average Bonchev–Trinajstić information content (AvgIpc) is 2.19. The van der Waals surface area contributed by atoms with E-state index in [0.29, 0.717) is 0 Å². The molecule has 1 aliphatic rings. The molecule has 0 bridgehead atoms. The van der Waals surface area contributed by atoms with Gasteiger partial charge >= 0.3 is 0 Å². The van der Waals surface area contributed by atoms with E-state index in [1.807, 2.05) is 0 Å². The van der Waals surface area contributed by atoms with Crippen molar-refractivity contribution in [2.45, 2.75) is 32.6 Å². The minimum atomic E-state index is -0.175. The Bertz CT molecular complexity index is 221. The fraction of sp³-hybridized carbons (Fsp3) is 0.727. The molecule has 1 aliphatic heterocycles. The Morgan fingerprint density at radius 2 is 2.15 bits per heavy atom. The standard InChI is InChI=1S/C11H17NO/c1-3-10(2)8-11(9-12)4-6-13-7-5-11/h2-8H2,1H3. The largest absolute Gasteiger partial charge is 0.381 e. The molecular weight excluding hydrogens is 162 g/mol. The van der Waals surface area contributed by atoms with Crippen molar-refractivity contribution in [1.29, 1.82) is 5.26 Å². The highest BCUT2D eigenvalue weighted by Crippen LogP contribution is 2.36. The van der Waals surface area contributed by atoms with Gasteiger partial charge in [-0.05, 0) is 25.7 Å². The topological polar surface area (TPSA) is 33.0 Å². The van der Waals surface area contributed by atoms with E-state index < -0.39 is 0 Å². The van der Waals surface area contributed by atoms with Crippen molar-refractivity contribution in [3.63, 3.8) is 0 Å². The quantitative estimate of drug-likeness (QED) is 0.624. The van der Waals surface area contributed by atoms with Gasteiger partial charge in [-0.3, -0.25) is 0 Å². The normalized spacial score (nSPS) is 20.6. The van der Waals surface area contributed by atoms with Gasteiger partial charge in [0.15, 0.2) is 0 Å². The molecule has 1 fully saturated rings. The summed E-state index contributed by atoms with van der Waals surface area (Å²) in [6.45, 7) is 7.51. The molecule has 13 heavy (non-hydrogen) atoms. The second-order valence-corrected chi connectivity index (χ2v) is 3.78. The highest BCUT2D eigenvalue weighted by molar-refractivity contribution is 5.09. The lowest BCUT2D eigenvalue weighted by Gasteiger charge is -2.31. The van der Waals surface area contributed by atoms with Crippen LogP contribution >= 0.6 is 0 Å².